The summed E-state index contributed by atoms with van der Waals surface area (Å²) in [5, 5.41) is 4.16. The van der Waals surface area contributed by atoms with Gasteiger partial charge in [-0.05, 0) is 25.7 Å². The molecule has 0 N–H and O–H groups in total. The van der Waals surface area contributed by atoms with Crippen molar-refractivity contribution in [1.29, 1.82) is 0 Å². The van der Waals surface area contributed by atoms with Crippen LogP contribution in [-0.4, -0.2) is 22.6 Å². The van der Waals surface area contributed by atoms with E-state index in [4.69, 9.17) is 4.74 Å². The molecule has 0 aliphatic heterocycles. The van der Waals surface area contributed by atoms with Crippen LogP contribution in [0, 0.1) is 5.41 Å². The predicted molar refractivity (Wildman–Crippen MR) is 65.0 cm³/mol. The normalized spacial score (nSPS) is 17.5. The summed E-state index contributed by atoms with van der Waals surface area (Å²) in [5.41, 5.74) is -1.49. The van der Waals surface area contributed by atoms with Gasteiger partial charge in [-0.25, -0.2) is 0 Å². The zero-order valence-electron chi connectivity index (χ0n) is 11.0. The van der Waals surface area contributed by atoms with Gasteiger partial charge in [0.2, 0.25) is 5.88 Å². The van der Waals surface area contributed by atoms with Gasteiger partial charge in [0.05, 0.1) is 12.0 Å². The van der Waals surface area contributed by atoms with Crippen molar-refractivity contribution in [3.05, 3.63) is 12.3 Å². The van der Waals surface area contributed by atoms with Gasteiger partial charge in [0.15, 0.2) is 0 Å². The molecular formula is C13H19F3N2O. The summed E-state index contributed by atoms with van der Waals surface area (Å²) in [7, 11) is 0. The van der Waals surface area contributed by atoms with E-state index in [1.807, 2.05) is 0 Å². The third-order valence-corrected chi connectivity index (χ3v) is 3.64. The number of hydrogen-bond acceptors (Lipinski definition) is 2. The van der Waals surface area contributed by atoms with Crippen molar-refractivity contribution < 1.29 is 17.9 Å². The second-order valence-electron chi connectivity index (χ2n) is 5.15. The van der Waals surface area contributed by atoms with E-state index in [2.05, 4.69) is 12.0 Å². The molecule has 0 bridgehead atoms. The zero-order valence-corrected chi connectivity index (χ0v) is 11.0. The van der Waals surface area contributed by atoms with E-state index in [-0.39, 0.29) is 25.9 Å². The van der Waals surface area contributed by atoms with Gasteiger partial charge in [0.1, 0.15) is 0 Å². The second kappa shape index (κ2) is 5.43. The molecule has 108 valence electrons. The highest BCUT2D eigenvalue weighted by atomic mass is 19.4. The summed E-state index contributed by atoms with van der Waals surface area (Å²) < 4.78 is 45.1. The van der Waals surface area contributed by atoms with Crippen LogP contribution in [0.25, 0.3) is 0 Å². The van der Waals surface area contributed by atoms with Gasteiger partial charge < -0.3 is 4.74 Å². The van der Waals surface area contributed by atoms with Crippen LogP contribution in [0.2, 0.25) is 0 Å². The molecule has 0 amide bonds. The molecule has 1 aliphatic rings. The number of aromatic nitrogens is 2. The maximum atomic E-state index is 12.7. The number of nitrogens with zero attached hydrogens (tertiary/aromatic N) is 2. The van der Waals surface area contributed by atoms with Gasteiger partial charge in [-0.15, -0.1) is 5.10 Å². The van der Waals surface area contributed by atoms with Gasteiger partial charge in [0.25, 0.3) is 0 Å². The molecule has 1 aromatic rings. The fourth-order valence-corrected chi connectivity index (χ4v) is 2.04. The Morgan fingerprint density at radius 3 is 2.74 bits per heavy atom. The topological polar surface area (TPSA) is 27.1 Å². The summed E-state index contributed by atoms with van der Waals surface area (Å²) in [5.74, 6) is 0.411. The molecule has 19 heavy (non-hydrogen) atoms. The molecule has 1 saturated carbocycles. The van der Waals surface area contributed by atoms with E-state index in [1.165, 1.54) is 0 Å². The maximum absolute atomic E-state index is 12.7. The van der Waals surface area contributed by atoms with E-state index in [9.17, 15) is 13.2 Å². The van der Waals surface area contributed by atoms with Gasteiger partial charge >= 0.3 is 6.18 Å². The van der Waals surface area contributed by atoms with E-state index >= 15 is 0 Å². The molecule has 0 spiro atoms. The van der Waals surface area contributed by atoms with Crippen molar-refractivity contribution >= 4 is 0 Å². The van der Waals surface area contributed by atoms with E-state index in [0.717, 1.165) is 19.4 Å². The Balaban J connectivity index is 1.76. The third kappa shape index (κ3) is 3.42. The van der Waals surface area contributed by atoms with E-state index < -0.39 is 11.6 Å². The second-order valence-corrected chi connectivity index (χ2v) is 5.15. The summed E-state index contributed by atoms with van der Waals surface area (Å²) in [4.78, 5) is 0. The molecule has 1 fully saturated rings. The molecule has 6 heteroatoms. The molecule has 0 unspecified atom stereocenters. The van der Waals surface area contributed by atoms with Crippen LogP contribution in [0.5, 0.6) is 5.88 Å². The lowest BCUT2D eigenvalue weighted by Crippen LogP contribution is -2.26. The number of halogens is 3. The number of alkyl halides is 3. The first kappa shape index (κ1) is 14.2. The molecule has 0 aromatic carbocycles. The molecule has 0 saturated heterocycles. The van der Waals surface area contributed by atoms with Gasteiger partial charge in [-0.1, -0.05) is 13.3 Å². The van der Waals surface area contributed by atoms with Crippen molar-refractivity contribution in [3.63, 3.8) is 0 Å². The fourth-order valence-electron chi connectivity index (χ4n) is 2.04. The minimum atomic E-state index is -4.10. The molecule has 1 aromatic heterocycles. The van der Waals surface area contributed by atoms with Crippen LogP contribution >= 0.6 is 0 Å². The maximum Gasteiger partial charge on any atom is 0.394 e. The van der Waals surface area contributed by atoms with Crippen LogP contribution in [0.3, 0.4) is 0 Å². The average Bonchev–Trinajstić information content (AvgIpc) is 3.00. The highest BCUT2D eigenvalue weighted by molar-refractivity contribution is 5.06. The van der Waals surface area contributed by atoms with E-state index in [1.54, 1.807) is 16.9 Å². The SMILES string of the molecule is CCCCn1ccc(OCCC2(C(F)(F)F)CC2)n1. The Labute approximate surface area is 110 Å². The molecule has 1 aliphatic carbocycles. The van der Waals surface area contributed by atoms with Gasteiger partial charge in [-0.3, -0.25) is 4.68 Å². The molecule has 1 heterocycles. The van der Waals surface area contributed by atoms with E-state index in [0.29, 0.717) is 5.88 Å². The lowest BCUT2D eigenvalue weighted by Gasteiger charge is -2.18. The van der Waals surface area contributed by atoms with Crippen LogP contribution in [-0.2, 0) is 6.54 Å². The first-order valence-corrected chi connectivity index (χ1v) is 6.70. The number of unbranched alkanes of at least 4 members (excludes halogenated alkanes) is 1. The Hall–Kier alpha value is -1.20. The first-order chi connectivity index (χ1) is 8.97. The van der Waals surface area contributed by atoms with Crippen LogP contribution in [0.15, 0.2) is 12.3 Å². The van der Waals surface area contributed by atoms with Crippen molar-refractivity contribution in [2.75, 3.05) is 6.61 Å². The highest BCUT2D eigenvalue weighted by Gasteiger charge is 2.62. The number of aryl methyl sites for hydroxylation is 1. The minimum Gasteiger partial charge on any atom is -0.477 e. The Kier molecular flexibility index (Phi) is 4.06. The highest BCUT2D eigenvalue weighted by Crippen LogP contribution is 2.59. The fraction of sp³-hybridized carbons (Fsp3) is 0.769. The summed E-state index contributed by atoms with van der Waals surface area (Å²) in [6.07, 6.45) is 0.273. The summed E-state index contributed by atoms with van der Waals surface area (Å²) in [6, 6.07) is 1.70. The number of ether oxygens (including phenoxy) is 1. The third-order valence-electron chi connectivity index (χ3n) is 3.64. The van der Waals surface area contributed by atoms with Crippen LogP contribution in [0.4, 0.5) is 13.2 Å². The monoisotopic (exact) mass is 276 g/mol. The molecule has 0 radical (unpaired) electrons. The number of hydrogen-bond donors (Lipinski definition) is 0. The lowest BCUT2D eigenvalue weighted by molar-refractivity contribution is -0.190. The number of rotatable bonds is 7. The predicted octanol–water partition coefficient (Wildman–Crippen LogP) is 3.79. The lowest BCUT2D eigenvalue weighted by atomic mass is 10.0. The molecule has 0 atom stereocenters. The quantitative estimate of drug-likeness (QED) is 0.757. The van der Waals surface area contributed by atoms with Crippen LogP contribution in [0.1, 0.15) is 39.0 Å². The Morgan fingerprint density at radius 2 is 2.16 bits per heavy atom. The van der Waals surface area contributed by atoms with Crippen molar-refractivity contribution in [1.82, 2.24) is 9.78 Å². The minimum absolute atomic E-state index is 0.0261. The average molecular weight is 276 g/mol. The summed E-state index contributed by atoms with van der Waals surface area (Å²) >= 11 is 0. The Bertz CT molecular complexity index is 410. The zero-order chi connectivity index (χ0) is 13.9. The smallest absolute Gasteiger partial charge is 0.394 e. The summed E-state index contributed by atoms with van der Waals surface area (Å²) in [6.45, 7) is 2.98. The largest absolute Gasteiger partial charge is 0.477 e. The van der Waals surface area contributed by atoms with Crippen molar-refractivity contribution in [2.24, 2.45) is 5.41 Å². The molecule has 2 rings (SSSR count). The van der Waals surface area contributed by atoms with Gasteiger partial charge in [-0.2, -0.15) is 13.2 Å². The molecule has 3 nitrogen and oxygen atoms in total. The van der Waals surface area contributed by atoms with Crippen LogP contribution < -0.4 is 4.74 Å². The standard InChI is InChI=1S/C13H19F3N2O/c1-2-3-8-18-9-4-11(17-18)19-10-7-12(5-6-12)13(14,15)16/h4,9H,2-3,5-8,10H2,1H3. The van der Waals surface area contributed by atoms with Crippen molar-refractivity contribution in [3.8, 4) is 5.88 Å². The first-order valence-electron chi connectivity index (χ1n) is 6.70. The molecular weight excluding hydrogens is 257 g/mol. The van der Waals surface area contributed by atoms with Gasteiger partial charge in [0, 0.05) is 18.8 Å². The Morgan fingerprint density at radius 1 is 1.42 bits per heavy atom. The van der Waals surface area contributed by atoms with Crippen molar-refractivity contribution in [2.45, 2.75) is 51.7 Å².